The monoisotopic (exact) mass is 380 g/mol. The summed E-state index contributed by atoms with van der Waals surface area (Å²) in [4.78, 5) is 11.3. The minimum atomic E-state index is -0.528. The highest BCUT2D eigenvalue weighted by Gasteiger charge is 2.07. The molecule has 0 aliphatic carbocycles. The zero-order valence-electron chi connectivity index (χ0n) is 18.6. The minimum Gasteiger partial charge on any atom is -0.434 e. The highest BCUT2D eigenvalue weighted by Crippen LogP contribution is 2.20. The third-order valence-corrected chi connectivity index (χ3v) is 4.19. The molecule has 0 heterocycles. The molecule has 0 bridgehead atoms. The van der Waals surface area contributed by atoms with Crippen molar-refractivity contribution in [3.05, 3.63) is 24.3 Å². The Kier molecular flexibility index (Phi) is 16.1. The van der Waals surface area contributed by atoms with Gasteiger partial charge < -0.3 is 9.47 Å². The normalized spacial score (nSPS) is 12.4. The predicted molar refractivity (Wildman–Crippen MR) is 116 cm³/mol. The van der Waals surface area contributed by atoms with Crippen molar-refractivity contribution in [3.8, 4) is 0 Å². The van der Waals surface area contributed by atoms with Gasteiger partial charge in [-0.25, -0.2) is 4.79 Å². The van der Waals surface area contributed by atoms with Gasteiger partial charge in [0.2, 0.25) is 0 Å². The first-order chi connectivity index (χ1) is 12.8. The summed E-state index contributed by atoms with van der Waals surface area (Å²) in [5.74, 6) is 0.349. The van der Waals surface area contributed by atoms with Crippen molar-refractivity contribution < 1.29 is 14.3 Å². The van der Waals surface area contributed by atoms with E-state index >= 15 is 0 Å². The van der Waals surface area contributed by atoms with Gasteiger partial charge >= 0.3 is 6.16 Å². The fourth-order valence-corrected chi connectivity index (χ4v) is 2.53. The van der Waals surface area contributed by atoms with E-state index in [2.05, 4.69) is 45.1 Å². The lowest BCUT2D eigenvalue weighted by atomic mass is 9.90. The Labute approximate surface area is 168 Å². The molecule has 0 saturated carbocycles. The van der Waals surface area contributed by atoms with Gasteiger partial charge in [0, 0.05) is 0 Å². The molecule has 0 spiro atoms. The average molecular weight is 381 g/mol. The molecule has 0 radical (unpaired) electrons. The zero-order chi connectivity index (χ0) is 20.4. The van der Waals surface area contributed by atoms with Gasteiger partial charge in [-0.05, 0) is 49.9 Å². The molecule has 3 heteroatoms. The third-order valence-electron chi connectivity index (χ3n) is 4.19. The number of hydrogen-bond acceptors (Lipinski definition) is 3. The lowest BCUT2D eigenvalue weighted by Gasteiger charge is -2.15. The second-order valence-electron chi connectivity index (χ2n) is 8.99. The first-order valence-corrected chi connectivity index (χ1v) is 10.9. The van der Waals surface area contributed by atoms with E-state index in [1.807, 2.05) is 13.8 Å². The Morgan fingerprint density at radius 3 is 2.04 bits per heavy atom. The number of carbonyl (C=O) groups excluding carboxylic acids is 1. The summed E-state index contributed by atoms with van der Waals surface area (Å²) in [5, 5.41) is 0. The van der Waals surface area contributed by atoms with Crippen LogP contribution in [0.2, 0.25) is 0 Å². The molecule has 3 nitrogen and oxygen atoms in total. The second-order valence-corrected chi connectivity index (χ2v) is 8.99. The first-order valence-electron chi connectivity index (χ1n) is 10.9. The number of unbranched alkanes of at least 4 members (excludes halogenated alkanes) is 6. The molecule has 27 heavy (non-hydrogen) atoms. The standard InChI is InChI=1S/C24H44O3/c1-22(2)21-27-23(25)26-20-18-16-14-12-10-8-6-7-9-11-13-15-17-19-24(3,4)5/h7,9,13,15,22H,6,8,10-12,14,16-21H2,1-5H3/b9-7-,15-13-. The van der Waals surface area contributed by atoms with E-state index in [4.69, 9.17) is 9.47 Å². The Hall–Kier alpha value is -1.25. The van der Waals surface area contributed by atoms with Gasteiger partial charge in [-0.2, -0.15) is 0 Å². The number of allylic oxidation sites excluding steroid dienone is 4. The highest BCUT2D eigenvalue weighted by molar-refractivity contribution is 5.59. The maximum Gasteiger partial charge on any atom is 0.508 e. The molecule has 0 rings (SSSR count). The lowest BCUT2D eigenvalue weighted by Crippen LogP contribution is -2.12. The van der Waals surface area contributed by atoms with E-state index in [9.17, 15) is 4.79 Å². The lowest BCUT2D eigenvalue weighted by molar-refractivity contribution is 0.0465. The van der Waals surface area contributed by atoms with Crippen LogP contribution in [0.5, 0.6) is 0 Å². The summed E-state index contributed by atoms with van der Waals surface area (Å²) in [6.45, 7) is 11.8. The van der Waals surface area contributed by atoms with E-state index in [1.54, 1.807) is 0 Å². The molecule has 0 fully saturated rings. The smallest absolute Gasteiger partial charge is 0.434 e. The average Bonchev–Trinajstić information content (AvgIpc) is 2.58. The van der Waals surface area contributed by atoms with Crippen molar-refractivity contribution in [2.24, 2.45) is 11.3 Å². The topological polar surface area (TPSA) is 35.5 Å². The summed E-state index contributed by atoms with van der Waals surface area (Å²) in [7, 11) is 0. The van der Waals surface area contributed by atoms with Crippen LogP contribution in [0.15, 0.2) is 24.3 Å². The highest BCUT2D eigenvalue weighted by atomic mass is 16.7. The van der Waals surface area contributed by atoms with Gasteiger partial charge in [-0.3, -0.25) is 0 Å². The molecule has 0 saturated heterocycles. The molecule has 0 amide bonds. The summed E-state index contributed by atoms with van der Waals surface area (Å²) in [6.07, 6.45) is 20.4. The summed E-state index contributed by atoms with van der Waals surface area (Å²) < 4.78 is 10.0. The van der Waals surface area contributed by atoms with Crippen LogP contribution in [0.1, 0.15) is 98.8 Å². The maximum absolute atomic E-state index is 11.3. The molecular formula is C24H44O3. The first kappa shape index (κ1) is 25.8. The summed E-state index contributed by atoms with van der Waals surface area (Å²) in [5.41, 5.74) is 0.437. The second kappa shape index (κ2) is 16.9. The van der Waals surface area contributed by atoms with E-state index in [0.29, 0.717) is 24.5 Å². The Balaban J connectivity index is 3.31. The fourth-order valence-electron chi connectivity index (χ4n) is 2.53. The molecular weight excluding hydrogens is 336 g/mol. The number of hydrogen-bond donors (Lipinski definition) is 0. The zero-order valence-corrected chi connectivity index (χ0v) is 18.6. The fraction of sp³-hybridized carbons (Fsp3) is 0.792. The molecule has 0 aliphatic heterocycles. The van der Waals surface area contributed by atoms with Crippen molar-refractivity contribution in [1.82, 2.24) is 0 Å². The van der Waals surface area contributed by atoms with Crippen molar-refractivity contribution in [3.63, 3.8) is 0 Å². The van der Waals surface area contributed by atoms with Crippen LogP contribution >= 0.6 is 0 Å². The van der Waals surface area contributed by atoms with Gasteiger partial charge in [0.1, 0.15) is 0 Å². The van der Waals surface area contributed by atoms with Crippen LogP contribution < -0.4 is 0 Å². The van der Waals surface area contributed by atoms with Gasteiger partial charge in [0.15, 0.2) is 0 Å². The van der Waals surface area contributed by atoms with E-state index in [-0.39, 0.29) is 0 Å². The van der Waals surface area contributed by atoms with Crippen LogP contribution in [0.25, 0.3) is 0 Å². The maximum atomic E-state index is 11.3. The largest absolute Gasteiger partial charge is 0.508 e. The summed E-state index contributed by atoms with van der Waals surface area (Å²) >= 11 is 0. The van der Waals surface area contributed by atoms with Crippen LogP contribution in [-0.2, 0) is 9.47 Å². The predicted octanol–water partition coefficient (Wildman–Crippen LogP) is 7.86. The number of ether oxygens (including phenoxy) is 2. The van der Waals surface area contributed by atoms with Gasteiger partial charge in [-0.1, -0.05) is 84.6 Å². The molecule has 0 unspecified atom stereocenters. The Morgan fingerprint density at radius 1 is 0.815 bits per heavy atom. The molecule has 0 aliphatic rings. The summed E-state index contributed by atoms with van der Waals surface area (Å²) in [6, 6.07) is 0. The van der Waals surface area contributed by atoms with E-state index in [1.165, 1.54) is 44.9 Å². The van der Waals surface area contributed by atoms with Crippen molar-refractivity contribution >= 4 is 6.16 Å². The van der Waals surface area contributed by atoms with Crippen LogP contribution in [0.4, 0.5) is 4.79 Å². The SMILES string of the molecule is CC(C)COC(=O)OCCCCCCCC/C=C\C/C=C\CCC(C)(C)C. The molecule has 0 aromatic heterocycles. The van der Waals surface area contributed by atoms with Crippen LogP contribution in [0.3, 0.4) is 0 Å². The van der Waals surface area contributed by atoms with Crippen LogP contribution in [-0.4, -0.2) is 19.4 Å². The molecule has 0 aromatic rings. The number of carbonyl (C=O) groups is 1. The molecule has 0 aromatic carbocycles. The van der Waals surface area contributed by atoms with Crippen molar-refractivity contribution in [2.45, 2.75) is 98.8 Å². The minimum absolute atomic E-state index is 0.349. The number of rotatable bonds is 15. The van der Waals surface area contributed by atoms with Gasteiger partial charge in [0.25, 0.3) is 0 Å². The molecule has 158 valence electrons. The van der Waals surface area contributed by atoms with E-state index < -0.39 is 6.16 Å². The molecule has 0 atom stereocenters. The van der Waals surface area contributed by atoms with Gasteiger partial charge in [0.05, 0.1) is 13.2 Å². The third kappa shape index (κ3) is 22.7. The van der Waals surface area contributed by atoms with E-state index in [0.717, 1.165) is 19.3 Å². The Morgan fingerprint density at radius 2 is 1.41 bits per heavy atom. The van der Waals surface area contributed by atoms with Crippen molar-refractivity contribution in [1.29, 1.82) is 0 Å². The Bertz CT molecular complexity index is 402. The van der Waals surface area contributed by atoms with Crippen molar-refractivity contribution in [2.75, 3.05) is 13.2 Å². The van der Waals surface area contributed by atoms with Crippen LogP contribution in [0, 0.1) is 11.3 Å². The quantitative estimate of drug-likeness (QED) is 0.165. The van der Waals surface area contributed by atoms with Gasteiger partial charge in [-0.15, -0.1) is 0 Å². The molecule has 0 N–H and O–H groups in total.